The smallest absolute Gasteiger partial charge is 0.352 e. The topological polar surface area (TPSA) is 160 Å². The van der Waals surface area contributed by atoms with Gasteiger partial charge in [-0.25, -0.2) is 9.78 Å². The van der Waals surface area contributed by atoms with Gasteiger partial charge in [-0.15, -0.1) is 34.9 Å². The van der Waals surface area contributed by atoms with E-state index >= 15 is 0 Å². The fourth-order valence-corrected chi connectivity index (χ4v) is 6.43. The van der Waals surface area contributed by atoms with Crippen molar-refractivity contribution in [2.75, 3.05) is 23.8 Å². The van der Waals surface area contributed by atoms with E-state index in [0.29, 0.717) is 17.1 Å². The van der Waals surface area contributed by atoms with E-state index in [1.807, 2.05) is 30.5 Å². The third kappa shape index (κ3) is 6.09. The number of amides is 2. The highest BCUT2D eigenvalue weighted by Crippen LogP contribution is 2.41. The molecule has 4 heterocycles. The minimum Gasteiger partial charge on any atom is -0.477 e. The molecule has 2 aliphatic rings. The second kappa shape index (κ2) is 12.3. The van der Waals surface area contributed by atoms with Gasteiger partial charge in [0.2, 0.25) is 0 Å². The van der Waals surface area contributed by atoms with E-state index in [0.717, 1.165) is 22.6 Å². The average Bonchev–Trinajstić information content (AvgIpc) is 3.33. The number of nitrogens with two attached hydrogens (primary N) is 1. The monoisotopic (exact) mass is 572 g/mol. The summed E-state index contributed by atoms with van der Waals surface area (Å²) in [5.41, 5.74) is 8.19. The van der Waals surface area contributed by atoms with Crippen molar-refractivity contribution in [1.82, 2.24) is 20.2 Å². The normalized spacial score (nSPS) is 19.2. The first-order chi connectivity index (χ1) is 18.3. The number of hydrogen-bond acceptors (Lipinski definition) is 11. The molecule has 2 amide bonds. The highest BCUT2D eigenvalue weighted by molar-refractivity contribution is 8.02. The Hall–Kier alpha value is -3.62. The van der Waals surface area contributed by atoms with Gasteiger partial charge in [-0.3, -0.25) is 19.5 Å². The van der Waals surface area contributed by atoms with Gasteiger partial charge < -0.3 is 21.0 Å². The number of carboxylic acids is 1. The lowest BCUT2D eigenvalue weighted by Crippen LogP contribution is -2.71. The third-order valence-corrected chi connectivity index (χ3v) is 8.27. The van der Waals surface area contributed by atoms with Gasteiger partial charge in [0.1, 0.15) is 29.4 Å². The Morgan fingerprint density at radius 1 is 1.45 bits per heavy atom. The van der Waals surface area contributed by atoms with Crippen LogP contribution in [0.25, 0.3) is 6.08 Å². The maximum absolute atomic E-state index is 13.0. The first-order valence-corrected chi connectivity index (χ1v) is 14.2. The number of carboxylic acid groups (broad SMARTS) is 1. The minimum absolute atomic E-state index is 0.0439. The number of thioether (sulfide) groups is 2. The molecule has 2 aliphatic heterocycles. The van der Waals surface area contributed by atoms with Crippen molar-refractivity contribution >= 4 is 69.6 Å². The number of aliphatic carboxylic acids is 1. The van der Waals surface area contributed by atoms with Crippen LogP contribution in [-0.4, -0.2) is 73.0 Å². The number of fused-ring (bicyclic) bond motifs is 1. The number of hydrogen-bond donors (Lipinski definition) is 3. The minimum atomic E-state index is -1.19. The number of β-lactam (4-membered cyclic amide) rings is 1. The Kier molecular flexibility index (Phi) is 8.86. The van der Waals surface area contributed by atoms with Crippen LogP contribution >= 0.6 is 34.9 Å². The number of carbonyl (C=O) groups excluding carboxylic acids is 2. The summed E-state index contributed by atoms with van der Waals surface area (Å²) in [6.07, 6.45) is 5.12. The summed E-state index contributed by atoms with van der Waals surface area (Å²) in [5, 5.41) is 19.5. The number of aryl methyl sites for hydroxylation is 1. The molecule has 1 unspecified atom stereocenters. The van der Waals surface area contributed by atoms with Crippen molar-refractivity contribution in [2.45, 2.75) is 18.3 Å². The number of oxime groups is 1. The molecule has 4 rings (SSSR count). The standard InChI is InChI=1S/C24H24N6O5S3/c1-3-7-35-29-17(16-12-38-24(25)27-16)20(31)28-18-21(32)30-19(23(33)34)15(11-37-22(18)30)10-36-8-6-14-5-4-13(2)26-9-14/h3-6,8-9,12,18,22H,1,7,10-11H2,2H3,(H2,25,27)(H,28,31)(H,33,34)/t18?,22-/m0/s1. The molecule has 0 bridgehead atoms. The molecule has 2 aromatic rings. The Balaban J connectivity index is 1.44. The van der Waals surface area contributed by atoms with E-state index in [1.165, 1.54) is 34.5 Å². The summed E-state index contributed by atoms with van der Waals surface area (Å²) in [5.74, 6) is -1.58. The number of nitrogens with one attached hydrogen (secondary N) is 1. The zero-order valence-corrected chi connectivity index (χ0v) is 22.6. The molecule has 0 spiro atoms. The summed E-state index contributed by atoms with van der Waals surface area (Å²) in [6.45, 7) is 5.50. The van der Waals surface area contributed by atoms with Gasteiger partial charge in [-0.1, -0.05) is 23.9 Å². The van der Waals surface area contributed by atoms with Crippen LogP contribution in [0.4, 0.5) is 5.13 Å². The van der Waals surface area contributed by atoms with Crippen LogP contribution in [-0.2, 0) is 19.2 Å². The average molecular weight is 573 g/mol. The molecule has 1 saturated heterocycles. The van der Waals surface area contributed by atoms with Gasteiger partial charge in [0.05, 0.1) is 0 Å². The van der Waals surface area contributed by atoms with E-state index in [2.05, 4.69) is 27.0 Å². The molecule has 0 saturated carbocycles. The summed E-state index contributed by atoms with van der Waals surface area (Å²) in [4.78, 5) is 52.8. The number of aromatic nitrogens is 2. The van der Waals surface area contributed by atoms with Crippen LogP contribution in [0.15, 0.2) is 58.2 Å². The summed E-state index contributed by atoms with van der Waals surface area (Å²) in [6, 6.07) is 2.93. The van der Waals surface area contributed by atoms with Crippen LogP contribution in [0, 0.1) is 6.92 Å². The second-order valence-corrected chi connectivity index (χ2v) is 10.9. The number of thiazole rings is 1. The Morgan fingerprint density at radius 2 is 2.26 bits per heavy atom. The second-order valence-electron chi connectivity index (χ2n) is 8.06. The van der Waals surface area contributed by atoms with Crippen molar-refractivity contribution in [1.29, 1.82) is 0 Å². The number of carbonyl (C=O) groups is 3. The number of nitrogens with zero attached hydrogens (tertiary/aromatic N) is 4. The van der Waals surface area contributed by atoms with Crippen LogP contribution in [0.1, 0.15) is 17.0 Å². The van der Waals surface area contributed by atoms with Crippen molar-refractivity contribution in [3.63, 3.8) is 0 Å². The fourth-order valence-electron chi connectivity index (χ4n) is 3.61. The zero-order chi connectivity index (χ0) is 27.2. The van der Waals surface area contributed by atoms with E-state index < -0.39 is 29.2 Å². The molecule has 198 valence electrons. The molecule has 38 heavy (non-hydrogen) atoms. The quantitative estimate of drug-likeness (QED) is 0.120. The van der Waals surface area contributed by atoms with Gasteiger partial charge in [-0.2, -0.15) is 0 Å². The first kappa shape index (κ1) is 27.4. The maximum Gasteiger partial charge on any atom is 0.352 e. The summed E-state index contributed by atoms with van der Waals surface area (Å²) < 4.78 is 0. The lowest BCUT2D eigenvalue weighted by atomic mass is 10.0. The largest absolute Gasteiger partial charge is 0.477 e. The predicted molar refractivity (Wildman–Crippen MR) is 149 cm³/mol. The molecule has 1 fully saturated rings. The molecule has 0 aromatic carbocycles. The van der Waals surface area contributed by atoms with Crippen molar-refractivity contribution in [2.24, 2.45) is 5.16 Å². The van der Waals surface area contributed by atoms with Gasteiger partial charge in [0.15, 0.2) is 10.8 Å². The van der Waals surface area contributed by atoms with Crippen LogP contribution in [0.2, 0.25) is 0 Å². The lowest BCUT2D eigenvalue weighted by Gasteiger charge is -2.49. The Morgan fingerprint density at radius 3 is 2.92 bits per heavy atom. The van der Waals surface area contributed by atoms with Gasteiger partial charge in [-0.05, 0) is 35.6 Å². The van der Waals surface area contributed by atoms with E-state index in [4.69, 9.17) is 10.6 Å². The maximum atomic E-state index is 13.0. The van der Waals surface area contributed by atoms with E-state index in [-0.39, 0.29) is 28.8 Å². The molecular weight excluding hydrogens is 549 g/mol. The van der Waals surface area contributed by atoms with Gasteiger partial charge >= 0.3 is 5.97 Å². The SMILES string of the molecule is C=CCON=C(C(=O)NC1C(=O)N2C(C(=O)O)=C(CSC=Cc3ccc(C)nc3)CS[C@@H]12)c1csc(N)n1. The first-order valence-electron chi connectivity index (χ1n) is 11.2. The summed E-state index contributed by atoms with van der Waals surface area (Å²) >= 11 is 3.95. The Labute approximate surface area is 230 Å². The van der Waals surface area contributed by atoms with Crippen LogP contribution in [0.3, 0.4) is 0 Å². The highest BCUT2D eigenvalue weighted by atomic mass is 32.2. The van der Waals surface area contributed by atoms with E-state index in [9.17, 15) is 19.5 Å². The summed E-state index contributed by atoms with van der Waals surface area (Å²) in [7, 11) is 0. The van der Waals surface area contributed by atoms with Gasteiger partial charge in [0.25, 0.3) is 11.8 Å². The molecule has 11 nitrogen and oxygen atoms in total. The number of nitrogen functional groups attached to an aromatic ring is 1. The number of rotatable bonds is 11. The third-order valence-electron chi connectivity index (χ3n) is 5.41. The predicted octanol–water partition coefficient (Wildman–Crippen LogP) is 2.48. The highest BCUT2D eigenvalue weighted by Gasteiger charge is 2.54. The molecule has 0 aliphatic carbocycles. The zero-order valence-electron chi connectivity index (χ0n) is 20.2. The number of anilines is 1. The molecule has 2 atom stereocenters. The molecular formula is C24H24N6O5S3. The molecule has 2 aromatic heterocycles. The number of pyridine rings is 1. The van der Waals surface area contributed by atoms with Crippen molar-refractivity contribution in [3.8, 4) is 0 Å². The van der Waals surface area contributed by atoms with Crippen molar-refractivity contribution < 1.29 is 24.3 Å². The molecule has 14 heteroatoms. The fraction of sp³-hybridized carbons (Fsp3) is 0.250. The van der Waals surface area contributed by atoms with Crippen LogP contribution in [0.5, 0.6) is 0 Å². The lowest BCUT2D eigenvalue weighted by molar-refractivity contribution is -0.150. The molecule has 0 radical (unpaired) electrons. The molecule has 4 N–H and O–H groups in total. The van der Waals surface area contributed by atoms with Gasteiger partial charge in [0, 0.05) is 28.8 Å². The Bertz CT molecular complexity index is 1340. The van der Waals surface area contributed by atoms with Crippen LogP contribution < -0.4 is 11.1 Å². The van der Waals surface area contributed by atoms with Crippen molar-refractivity contribution in [3.05, 3.63) is 70.0 Å². The van der Waals surface area contributed by atoms with E-state index in [1.54, 1.807) is 11.6 Å².